The number of halogens is 1. The number of carbonyl (C=O) groups excluding carboxylic acids is 1. The van der Waals surface area contributed by atoms with Crippen LogP contribution in [0.25, 0.3) is 0 Å². The van der Waals surface area contributed by atoms with Crippen molar-refractivity contribution in [1.29, 1.82) is 0 Å². The minimum atomic E-state index is -1.09. The first-order valence-corrected chi connectivity index (χ1v) is 4.12. The monoisotopic (exact) mass is 184 g/mol. The molecule has 0 saturated carbocycles. The Hall–Kier alpha value is -0.860. The lowest BCUT2D eigenvalue weighted by Gasteiger charge is -2.04. The summed E-state index contributed by atoms with van der Waals surface area (Å²) >= 11 is 5.33. The first-order valence-electron chi connectivity index (χ1n) is 3.59. The summed E-state index contributed by atoms with van der Waals surface area (Å²) in [6.07, 6.45) is -1.09. The zero-order valence-electron chi connectivity index (χ0n) is 6.40. The molecular formula is C9H9ClO2. The second-order valence-corrected chi connectivity index (χ2v) is 2.71. The van der Waals surface area contributed by atoms with Crippen molar-refractivity contribution in [3.05, 3.63) is 35.9 Å². The van der Waals surface area contributed by atoms with Crippen LogP contribution in [0.5, 0.6) is 0 Å². The fourth-order valence-corrected chi connectivity index (χ4v) is 1.01. The van der Waals surface area contributed by atoms with Gasteiger partial charge in [0.25, 0.3) is 0 Å². The van der Waals surface area contributed by atoms with Crippen LogP contribution in [0.15, 0.2) is 30.3 Å². The molecule has 0 fully saturated rings. The third-order valence-electron chi connectivity index (χ3n) is 1.51. The van der Waals surface area contributed by atoms with E-state index in [4.69, 9.17) is 16.7 Å². The standard InChI is InChI=1S/C9H9ClO2/c10-6-8(11)9(12)7-4-2-1-3-5-7/h1-5,8,11H,6H2/t8-/m1/s1. The zero-order chi connectivity index (χ0) is 8.97. The molecule has 12 heavy (non-hydrogen) atoms. The number of benzene rings is 1. The van der Waals surface area contributed by atoms with E-state index >= 15 is 0 Å². The van der Waals surface area contributed by atoms with Gasteiger partial charge in [0.15, 0.2) is 5.78 Å². The lowest BCUT2D eigenvalue weighted by molar-refractivity contribution is 0.0785. The molecule has 1 aromatic carbocycles. The summed E-state index contributed by atoms with van der Waals surface area (Å²) in [6.45, 7) is 0. The minimum Gasteiger partial charge on any atom is -0.384 e. The van der Waals surface area contributed by atoms with Crippen LogP contribution < -0.4 is 0 Å². The Bertz CT molecular complexity index is 258. The molecule has 0 aliphatic rings. The molecule has 1 atom stereocenters. The molecule has 0 aliphatic heterocycles. The molecule has 64 valence electrons. The van der Waals surface area contributed by atoms with E-state index in [2.05, 4.69) is 0 Å². The molecule has 3 heteroatoms. The number of hydrogen-bond acceptors (Lipinski definition) is 2. The maximum Gasteiger partial charge on any atom is 0.192 e. The SMILES string of the molecule is O=C(c1ccccc1)[C@H](O)CCl. The second kappa shape index (κ2) is 4.24. The number of Topliss-reactive ketones (excluding diaryl/α,β-unsaturated/α-hetero) is 1. The van der Waals surface area contributed by atoms with Gasteiger partial charge in [0.05, 0.1) is 5.88 Å². The topological polar surface area (TPSA) is 37.3 Å². The first-order chi connectivity index (χ1) is 5.75. The Labute approximate surface area is 75.8 Å². The van der Waals surface area contributed by atoms with E-state index in [9.17, 15) is 4.79 Å². The summed E-state index contributed by atoms with van der Waals surface area (Å²) in [5, 5.41) is 9.10. The zero-order valence-corrected chi connectivity index (χ0v) is 7.16. The van der Waals surface area contributed by atoms with Crippen molar-refractivity contribution in [1.82, 2.24) is 0 Å². The molecule has 0 aromatic heterocycles. The molecule has 2 nitrogen and oxygen atoms in total. The molecule has 0 amide bonds. The molecule has 1 rings (SSSR count). The normalized spacial score (nSPS) is 12.5. The van der Waals surface area contributed by atoms with Crippen molar-refractivity contribution in [2.24, 2.45) is 0 Å². The van der Waals surface area contributed by atoms with Crippen LogP contribution >= 0.6 is 11.6 Å². The summed E-state index contributed by atoms with van der Waals surface area (Å²) in [6, 6.07) is 8.60. The first kappa shape index (κ1) is 9.23. The smallest absolute Gasteiger partial charge is 0.192 e. The maximum absolute atomic E-state index is 11.2. The number of aliphatic hydroxyl groups is 1. The predicted octanol–water partition coefficient (Wildman–Crippen LogP) is 1.47. The number of rotatable bonds is 3. The van der Waals surface area contributed by atoms with Crippen LogP contribution in [0, 0.1) is 0 Å². The molecule has 0 saturated heterocycles. The Morgan fingerprint density at radius 1 is 1.42 bits per heavy atom. The average molecular weight is 185 g/mol. The van der Waals surface area contributed by atoms with E-state index in [1.54, 1.807) is 24.3 Å². The summed E-state index contributed by atoms with van der Waals surface area (Å²) in [5.41, 5.74) is 0.491. The van der Waals surface area contributed by atoms with E-state index in [0.717, 1.165) is 0 Å². The van der Waals surface area contributed by atoms with Gasteiger partial charge in [0.1, 0.15) is 6.10 Å². The van der Waals surface area contributed by atoms with E-state index in [1.807, 2.05) is 6.07 Å². The van der Waals surface area contributed by atoms with Crippen molar-refractivity contribution in [3.8, 4) is 0 Å². The highest BCUT2D eigenvalue weighted by atomic mass is 35.5. The van der Waals surface area contributed by atoms with Gasteiger partial charge in [0.2, 0.25) is 0 Å². The average Bonchev–Trinajstić information content (AvgIpc) is 2.17. The number of ketones is 1. The summed E-state index contributed by atoms with van der Waals surface area (Å²) in [7, 11) is 0. The number of aliphatic hydroxyl groups excluding tert-OH is 1. The van der Waals surface area contributed by atoms with Crippen LogP contribution in [0.1, 0.15) is 10.4 Å². The van der Waals surface area contributed by atoms with Gasteiger partial charge in [-0.3, -0.25) is 4.79 Å². The summed E-state index contributed by atoms with van der Waals surface area (Å²) in [5.74, 6) is -0.390. The minimum absolute atomic E-state index is 0.0618. The van der Waals surface area contributed by atoms with Gasteiger partial charge in [0, 0.05) is 5.56 Å². The number of alkyl halides is 1. The molecule has 0 heterocycles. The third kappa shape index (κ3) is 2.06. The number of hydrogen-bond donors (Lipinski definition) is 1. The van der Waals surface area contributed by atoms with E-state index in [0.29, 0.717) is 5.56 Å². The molecule has 0 aliphatic carbocycles. The van der Waals surface area contributed by atoms with Crippen molar-refractivity contribution >= 4 is 17.4 Å². The van der Waals surface area contributed by atoms with Gasteiger partial charge in [-0.2, -0.15) is 0 Å². The summed E-state index contributed by atoms with van der Waals surface area (Å²) in [4.78, 5) is 11.2. The molecular weight excluding hydrogens is 176 g/mol. The molecule has 1 N–H and O–H groups in total. The van der Waals surface area contributed by atoms with Gasteiger partial charge < -0.3 is 5.11 Å². The molecule has 0 spiro atoms. The van der Waals surface area contributed by atoms with Crippen LogP contribution in [0.2, 0.25) is 0 Å². The van der Waals surface area contributed by atoms with Crippen LogP contribution in [-0.4, -0.2) is 22.9 Å². The van der Waals surface area contributed by atoms with E-state index in [-0.39, 0.29) is 11.7 Å². The van der Waals surface area contributed by atoms with Crippen LogP contribution in [0.3, 0.4) is 0 Å². The Morgan fingerprint density at radius 3 is 2.50 bits per heavy atom. The van der Waals surface area contributed by atoms with Crippen LogP contribution in [-0.2, 0) is 0 Å². The van der Waals surface area contributed by atoms with Crippen molar-refractivity contribution in [2.75, 3.05) is 5.88 Å². The third-order valence-corrected chi connectivity index (χ3v) is 1.80. The molecule has 0 bridgehead atoms. The van der Waals surface area contributed by atoms with E-state index in [1.165, 1.54) is 0 Å². The Kier molecular flexibility index (Phi) is 3.26. The summed E-state index contributed by atoms with van der Waals surface area (Å²) < 4.78 is 0. The predicted molar refractivity (Wildman–Crippen MR) is 47.5 cm³/mol. The fraction of sp³-hybridized carbons (Fsp3) is 0.222. The van der Waals surface area contributed by atoms with Crippen LogP contribution in [0.4, 0.5) is 0 Å². The Balaban J connectivity index is 2.79. The molecule has 0 radical (unpaired) electrons. The second-order valence-electron chi connectivity index (χ2n) is 2.40. The molecule has 0 unspecified atom stereocenters. The highest BCUT2D eigenvalue weighted by Crippen LogP contribution is 2.04. The number of carbonyl (C=O) groups is 1. The van der Waals surface area contributed by atoms with Gasteiger partial charge in [-0.25, -0.2) is 0 Å². The Morgan fingerprint density at radius 2 is 2.00 bits per heavy atom. The lowest BCUT2D eigenvalue weighted by Crippen LogP contribution is -2.21. The van der Waals surface area contributed by atoms with Gasteiger partial charge in [-0.05, 0) is 0 Å². The van der Waals surface area contributed by atoms with Gasteiger partial charge in [-0.15, -0.1) is 11.6 Å². The quantitative estimate of drug-likeness (QED) is 0.571. The lowest BCUT2D eigenvalue weighted by atomic mass is 10.1. The fourth-order valence-electron chi connectivity index (χ4n) is 0.865. The highest BCUT2D eigenvalue weighted by Gasteiger charge is 2.14. The van der Waals surface area contributed by atoms with Crippen molar-refractivity contribution in [3.63, 3.8) is 0 Å². The van der Waals surface area contributed by atoms with Crippen molar-refractivity contribution in [2.45, 2.75) is 6.10 Å². The van der Waals surface area contributed by atoms with Crippen molar-refractivity contribution < 1.29 is 9.90 Å². The maximum atomic E-state index is 11.2. The van der Waals surface area contributed by atoms with Gasteiger partial charge in [-0.1, -0.05) is 30.3 Å². The largest absolute Gasteiger partial charge is 0.384 e. The molecule has 1 aromatic rings. The van der Waals surface area contributed by atoms with E-state index < -0.39 is 6.10 Å². The highest BCUT2D eigenvalue weighted by molar-refractivity contribution is 6.20. The van der Waals surface area contributed by atoms with Gasteiger partial charge >= 0.3 is 0 Å².